The van der Waals surface area contributed by atoms with E-state index in [1.54, 1.807) is 6.20 Å². The van der Waals surface area contributed by atoms with Gasteiger partial charge in [0.25, 0.3) is 5.91 Å². The van der Waals surface area contributed by atoms with Crippen LogP contribution in [-0.2, 0) is 0 Å². The molecule has 1 heterocycles. The van der Waals surface area contributed by atoms with Crippen molar-refractivity contribution in [2.45, 2.75) is 18.9 Å². The van der Waals surface area contributed by atoms with Gasteiger partial charge in [-0.3, -0.25) is 4.79 Å². The molecule has 0 spiro atoms. The zero-order valence-corrected chi connectivity index (χ0v) is 12.2. The lowest BCUT2D eigenvalue weighted by atomic mass is 10.3. The second kappa shape index (κ2) is 5.58. The van der Waals surface area contributed by atoms with Crippen LogP contribution in [-0.4, -0.2) is 21.9 Å². The number of carbonyl (C=O) groups is 1. The molecule has 1 aliphatic carbocycles. The highest BCUT2D eigenvalue weighted by Crippen LogP contribution is 2.20. The zero-order valence-electron chi connectivity index (χ0n) is 10.6. The van der Waals surface area contributed by atoms with E-state index >= 15 is 0 Å². The first-order chi connectivity index (χ1) is 9.70. The molecule has 1 aromatic heterocycles. The van der Waals surface area contributed by atoms with Crippen molar-refractivity contribution in [1.82, 2.24) is 15.3 Å². The summed E-state index contributed by atoms with van der Waals surface area (Å²) < 4.78 is 0.982. The molecule has 2 N–H and O–H groups in total. The van der Waals surface area contributed by atoms with Crippen molar-refractivity contribution in [2.24, 2.45) is 0 Å². The number of rotatable bonds is 4. The molecule has 1 fully saturated rings. The maximum absolute atomic E-state index is 11.8. The van der Waals surface area contributed by atoms with Crippen LogP contribution in [0.3, 0.4) is 0 Å². The molecule has 1 aromatic carbocycles. The molecule has 0 radical (unpaired) electrons. The second-order valence-corrected chi connectivity index (χ2v) is 5.59. The van der Waals surface area contributed by atoms with E-state index in [-0.39, 0.29) is 5.91 Å². The van der Waals surface area contributed by atoms with Gasteiger partial charge in [0.05, 0.1) is 12.4 Å². The third kappa shape index (κ3) is 3.33. The first kappa shape index (κ1) is 13.1. The monoisotopic (exact) mass is 332 g/mol. The Balaban J connectivity index is 1.67. The average Bonchev–Trinajstić information content (AvgIpc) is 3.23. The van der Waals surface area contributed by atoms with Crippen LogP contribution >= 0.6 is 15.9 Å². The Labute approximate surface area is 125 Å². The summed E-state index contributed by atoms with van der Waals surface area (Å²) in [4.78, 5) is 20.1. The summed E-state index contributed by atoms with van der Waals surface area (Å²) in [6.45, 7) is 0. The number of halogens is 1. The van der Waals surface area contributed by atoms with Crippen molar-refractivity contribution in [2.75, 3.05) is 5.32 Å². The molecule has 1 saturated carbocycles. The van der Waals surface area contributed by atoms with Crippen LogP contribution in [0.25, 0.3) is 0 Å². The van der Waals surface area contributed by atoms with Crippen LogP contribution in [0.4, 0.5) is 11.5 Å². The molecular formula is C14H13BrN4O. The molecule has 3 rings (SSSR count). The molecule has 1 amide bonds. The minimum absolute atomic E-state index is 0.158. The smallest absolute Gasteiger partial charge is 0.271 e. The Morgan fingerprint density at radius 2 is 2.10 bits per heavy atom. The number of aromatic nitrogens is 2. The van der Waals surface area contributed by atoms with Crippen molar-refractivity contribution in [3.8, 4) is 0 Å². The minimum atomic E-state index is -0.158. The minimum Gasteiger partial charge on any atom is -0.348 e. The van der Waals surface area contributed by atoms with Crippen LogP contribution < -0.4 is 10.6 Å². The Morgan fingerprint density at radius 1 is 1.25 bits per heavy atom. The van der Waals surface area contributed by atoms with Crippen molar-refractivity contribution in [1.29, 1.82) is 0 Å². The number of hydrogen-bond acceptors (Lipinski definition) is 4. The highest BCUT2D eigenvalue weighted by molar-refractivity contribution is 9.10. The van der Waals surface area contributed by atoms with E-state index in [9.17, 15) is 4.79 Å². The van der Waals surface area contributed by atoms with Crippen molar-refractivity contribution in [3.63, 3.8) is 0 Å². The van der Waals surface area contributed by atoms with E-state index in [4.69, 9.17) is 0 Å². The standard InChI is InChI=1S/C14H13BrN4O/c15-9-2-1-3-11(6-9)18-13-8-16-12(7-17-13)14(20)19-10-4-5-10/h1-3,6-8,10H,4-5H2,(H,17,18)(H,19,20). The van der Waals surface area contributed by atoms with Crippen LogP contribution in [0, 0.1) is 0 Å². The summed E-state index contributed by atoms with van der Waals surface area (Å²) in [6.07, 6.45) is 5.16. The van der Waals surface area contributed by atoms with Crippen LogP contribution in [0.15, 0.2) is 41.1 Å². The van der Waals surface area contributed by atoms with Crippen molar-refractivity contribution < 1.29 is 4.79 Å². The van der Waals surface area contributed by atoms with Gasteiger partial charge >= 0.3 is 0 Å². The number of benzene rings is 1. The van der Waals surface area contributed by atoms with E-state index in [0.29, 0.717) is 17.6 Å². The fraction of sp³-hybridized carbons (Fsp3) is 0.214. The summed E-state index contributed by atoms with van der Waals surface area (Å²) in [5, 5.41) is 6.01. The SMILES string of the molecule is O=C(NC1CC1)c1cnc(Nc2cccc(Br)c2)cn1. The fourth-order valence-corrected chi connectivity index (χ4v) is 2.11. The van der Waals surface area contributed by atoms with Crippen molar-refractivity contribution in [3.05, 3.63) is 46.8 Å². The quantitative estimate of drug-likeness (QED) is 0.903. The molecule has 6 heteroatoms. The molecule has 1 aliphatic rings. The van der Waals surface area contributed by atoms with Gasteiger partial charge in [0.15, 0.2) is 0 Å². The number of nitrogens with one attached hydrogen (secondary N) is 2. The van der Waals surface area contributed by atoms with Gasteiger partial charge in [0.1, 0.15) is 11.5 Å². The van der Waals surface area contributed by atoms with E-state index in [1.807, 2.05) is 24.3 Å². The van der Waals surface area contributed by atoms with E-state index in [1.165, 1.54) is 6.20 Å². The highest BCUT2D eigenvalue weighted by atomic mass is 79.9. The molecule has 0 atom stereocenters. The highest BCUT2D eigenvalue weighted by Gasteiger charge is 2.24. The van der Waals surface area contributed by atoms with E-state index in [2.05, 4.69) is 36.5 Å². The van der Waals surface area contributed by atoms with Crippen LogP contribution in [0.1, 0.15) is 23.3 Å². The summed E-state index contributed by atoms with van der Waals surface area (Å²) in [5.41, 5.74) is 1.25. The van der Waals surface area contributed by atoms with Gasteiger partial charge in [0, 0.05) is 16.2 Å². The predicted octanol–water partition coefficient (Wildman–Crippen LogP) is 2.87. The van der Waals surface area contributed by atoms with Gasteiger partial charge in [-0.1, -0.05) is 22.0 Å². The molecule has 5 nitrogen and oxygen atoms in total. The maximum Gasteiger partial charge on any atom is 0.271 e. The van der Waals surface area contributed by atoms with Gasteiger partial charge in [-0.25, -0.2) is 9.97 Å². The van der Waals surface area contributed by atoms with Gasteiger partial charge in [0.2, 0.25) is 0 Å². The molecule has 2 aromatic rings. The lowest BCUT2D eigenvalue weighted by Crippen LogP contribution is -2.26. The predicted molar refractivity (Wildman–Crippen MR) is 79.9 cm³/mol. The largest absolute Gasteiger partial charge is 0.348 e. The number of amides is 1. The molecule has 0 unspecified atom stereocenters. The first-order valence-corrected chi connectivity index (χ1v) is 7.15. The third-order valence-corrected chi connectivity index (χ3v) is 3.39. The van der Waals surface area contributed by atoms with Gasteiger partial charge in [-0.2, -0.15) is 0 Å². The van der Waals surface area contributed by atoms with E-state index < -0.39 is 0 Å². The Kier molecular flexibility index (Phi) is 3.64. The third-order valence-electron chi connectivity index (χ3n) is 2.89. The topological polar surface area (TPSA) is 66.9 Å². The van der Waals surface area contributed by atoms with E-state index in [0.717, 1.165) is 23.0 Å². The van der Waals surface area contributed by atoms with Gasteiger partial charge < -0.3 is 10.6 Å². The first-order valence-electron chi connectivity index (χ1n) is 6.36. The molecule has 0 bridgehead atoms. The lowest BCUT2D eigenvalue weighted by Gasteiger charge is -2.06. The zero-order chi connectivity index (χ0) is 13.9. The summed E-state index contributed by atoms with van der Waals surface area (Å²) in [5.74, 6) is 0.445. The Morgan fingerprint density at radius 3 is 2.75 bits per heavy atom. The van der Waals surface area contributed by atoms with Gasteiger partial charge in [-0.05, 0) is 31.0 Å². The number of carbonyl (C=O) groups excluding carboxylic acids is 1. The maximum atomic E-state index is 11.8. The number of hydrogen-bond donors (Lipinski definition) is 2. The molecule has 0 saturated heterocycles. The molecule has 0 aliphatic heterocycles. The lowest BCUT2D eigenvalue weighted by molar-refractivity contribution is 0.0945. The normalized spacial score (nSPS) is 13.8. The summed E-state index contributed by atoms with van der Waals surface area (Å²) in [7, 11) is 0. The molecule has 102 valence electrons. The van der Waals surface area contributed by atoms with Gasteiger partial charge in [-0.15, -0.1) is 0 Å². The summed E-state index contributed by atoms with van der Waals surface area (Å²) >= 11 is 3.41. The number of nitrogens with zero attached hydrogens (tertiary/aromatic N) is 2. The molecule has 20 heavy (non-hydrogen) atoms. The van der Waals surface area contributed by atoms with Crippen molar-refractivity contribution >= 4 is 33.3 Å². The fourth-order valence-electron chi connectivity index (χ4n) is 1.71. The summed E-state index contributed by atoms with van der Waals surface area (Å²) in [6, 6.07) is 8.07. The average molecular weight is 333 g/mol. The van der Waals surface area contributed by atoms with Crippen LogP contribution in [0.2, 0.25) is 0 Å². The second-order valence-electron chi connectivity index (χ2n) is 4.67. The Bertz CT molecular complexity index is 625. The van der Waals surface area contributed by atoms with Crippen LogP contribution in [0.5, 0.6) is 0 Å². The number of anilines is 2. The molecular weight excluding hydrogens is 320 g/mol. The Hall–Kier alpha value is -1.95.